The first kappa shape index (κ1) is 17.0. The molecule has 0 bridgehead atoms. The van der Waals surface area contributed by atoms with Gasteiger partial charge >= 0.3 is 6.03 Å². The number of urea groups is 1. The van der Waals surface area contributed by atoms with Crippen molar-refractivity contribution >= 4 is 11.7 Å². The molecule has 2 aromatic carbocycles. The van der Waals surface area contributed by atoms with Crippen molar-refractivity contribution in [3.8, 4) is 22.6 Å². The number of carbonyl (C=O) groups is 1. The Morgan fingerprint density at radius 1 is 0.857 bits per heavy atom. The number of carbonyl (C=O) groups excluding carboxylic acids is 1. The molecule has 2 aliphatic rings. The first-order valence-electron chi connectivity index (χ1n) is 10.1. The Bertz CT molecular complexity index is 973. The fraction of sp³-hybridized carbons (Fsp3) is 0.304. The molecule has 1 saturated heterocycles. The maximum atomic E-state index is 13.5. The van der Waals surface area contributed by atoms with E-state index in [9.17, 15) is 4.79 Å². The van der Waals surface area contributed by atoms with Gasteiger partial charge in [-0.1, -0.05) is 61.4 Å². The number of likely N-dealkylation sites (tertiary alicyclic amines) is 1. The minimum absolute atomic E-state index is 0.104. The molecule has 2 aliphatic heterocycles. The molecule has 0 N–H and O–H groups in total. The van der Waals surface area contributed by atoms with Crippen LogP contribution < -0.4 is 4.90 Å². The summed E-state index contributed by atoms with van der Waals surface area (Å²) >= 11 is 0. The van der Waals surface area contributed by atoms with Gasteiger partial charge in [-0.05, 0) is 18.9 Å². The summed E-state index contributed by atoms with van der Waals surface area (Å²) in [7, 11) is 0. The molecule has 5 rings (SSSR count). The van der Waals surface area contributed by atoms with Crippen molar-refractivity contribution in [1.82, 2.24) is 14.5 Å². The number of hydrogen-bond donors (Lipinski definition) is 0. The smallest absolute Gasteiger partial charge is 0.324 e. The van der Waals surface area contributed by atoms with Crippen molar-refractivity contribution in [2.45, 2.75) is 32.4 Å². The van der Waals surface area contributed by atoms with Gasteiger partial charge in [0.2, 0.25) is 0 Å². The number of nitrogens with zero attached hydrogens (tertiary/aromatic N) is 4. The number of rotatable bonds is 1. The van der Waals surface area contributed by atoms with Crippen LogP contribution in [0.3, 0.4) is 0 Å². The van der Waals surface area contributed by atoms with Gasteiger partial charge in [-0.15, -0.1) is 0 Å². The summed E-state index contributed by atoms with van der Waals surface area (Å²) in [5, 5.41) is 0. The van der Waals surface area contributed by atoms with Crippen molar-refractivity contribution in [2.75, 3.05) is 18.0 Å². The summed E-state index contributed by atoms with van der Waals surface area (Å²) in [6.45, 7) is 2.19. The van der Waals surface area contributed by atoms with Crippen LogP contribution >= 0.6 is 0 Å². The number of benzene rings is 2. The molecule has 0 unspecified atom stereocenters. The van der Waals surface area contributed by atoms with Gasteiger partial charge < -0.3 is 9.47 Å². The van der Waals surface area contributed by atoms with Crippen LogP contribution in [0, 0.1) is 0 Å². The molecular formula is C23H24N4O. The Kier molecular flexibility index (Phi) is 4.35. The summed E-state index contributed by atoms with van der Waals surface area (Å²) in [5.41, 5.74) is 4.17. The Morgan fingerprint density at radius 3 is 2.36 bits per heavy atom. The number of aromatic nitrogens is 2. The highest BCUT2D eigenvalue weighted by Crippen LogP contribution is 2.38. The lowest BCUT2D eigenvalue weighted by atomic mass is 10.1. The van der Waals surface area contributed by atoms with Crippen LogP contribution in [-0.2, 0) is 6.67 Å². The van der Waals surface area contributed by atoms with Crippen LogP contribution in [0.2, 0.25) is 0 Å². The zero-order chi connectivity index (χ0) is 18.9. The van der Waals surface area contributed by atoms with E-state index in [2.05, 4.69) is 22.8 Å². The number of amides is 2. The maximum Gasteiger partial charge on any atom is 0.326 e. The second-order valence-electron chi connectivity index (χ2n) is 7.53. The molecule has 1 fully saturated rings. The average molecular weight is 372 g/mol. The van der Waals surface area contributed by atoms with Gasteiger partial charge in [0.25, 0.3) is 0 Å². The van der Waals surface area contributed by atoms with Crippen LogP contribution in [0.4, 0.5) is 10.5 Å². The van der Waals surface area contributed by atoms with Crippen molar-refractivity contribution in [1.29, 1.82) is 0 Å². The molecule has 3 heterocycles. The van der Waals surface area contributed by atoms with Crippen LogP contribution in [0.5, 0.6) is 0 Å². The third kappa shape index (κ3) is 2.87. The number of para-hydroxylation sites is 1. The Balaban J connectivity index is 1.57. The van der Waals surface area contributed by atoms with E-state index in [4.69, 9.17) is 4.98 Å². The van der Waals surface area contributed by atoms with Crippen molar-refractivity contribution in [3.63, 3.8) is 0 Å². The fourth-order valence-electron chi connectivity index (χ4n) is 4.29. The van der Waals surface area contributed by atoms with E-state index in [-0.39, 0.29) is 6.03 Å². The van der Waals surface area contributed by atoms with Gasteiger partial charge in [0.15, 0.2) is 0 Å². The van der Waals surface area contributed by atoms with Gasteiger partial charge in [-0.25, -0.2) is 9.78 Å². The molecule has 2 amide bonds. The summed E-state index contributed by atoms with van der Waals surface area (Å²) in [6.07, 6.45) is 6.53. The highest BCUT2D eigenvalue weighted by Gasteiger charge is 2.31. The normalized spacial score (nSPS) is 16.3. The third-order valence-corrected chi connectivity index (χ3v) is 5.75. The quantitative estimate of drug-likeness (QED) is 0.604. The molecule has 1 aromatic heterocycles. The summed E-state index contributed by atoms with van der Waals surface area (Å²) in [6, 6.07) is 18.4. The van der Waals surface area contributed by atoms with Crippen molar-refractivity contribution in [2.24, 2.45) is 0 Å². The largest absolute Gasteiger partial charge is 0.326 e. The highest BCUT2D eigenvalue weighted by molar-refractivity contribution is 5.97. The van der Waals surface area contributed by atoms with E-state index in [0.29, 0.717) is 6.67 Å². The van der Waals surface area contributed by atoms with E-state index < -0.39 is 0 Å². The van der Waals surface area contributed by atoms with Gasteiger partial charge in [-0.2, -0.15) is 0 Å². The van der Waals surface area contributed by atoms with Crippen LogP contribution in [-0.4, -0.2) is 33.6 Å². The predicted octanol–water partition coefficient (Wildman–Crippen LogP) is 4.99. The first-order chi connectivity index (χ1) is 13.8. The number of imidazole rings is 1. The second kappa shape index (κ2) is 7.15. The van der Waals surface area contributed by atoms with E-state index >= 15 is 0 Å². The maximum absolute atomic E-state index is 13.5. The minimum Gasteiger partial charge on any atom is -0.324 e. The molecule has 5 nitrogen and oxygen atoms in total. The predicted molar refractivity (Wildman–Crippen MR) is 111 cm³/mol. The lowest BCUT2D eigenvalue weighted by Gasteiger charge is -2.35. The minimum atomic E-state index is 0.104. The lowest BCUT2D eigenvalue weighted by molar-refractivity contribution is 0.204. The summed E-state index contributed by atoms with van der Waals surface area (Å²) < 4.78 is 2.16. The molecule has 0 atom stereocenters. The number of hydrogen-bond acceptors (Lipinski definition) is 2. The van der Waals surface area contributed by atoms with E-state index in [0.717, 1.165) is 54.3 Å². The molecule has 5 heteroatoms. The lowest BCUT2D eigenvalue weighted by Crippen LogP contribution is -2.46. The second-order valence-corrected chi connectivity index (χ2v) is 7.53. The molecule has 0 saturated carbocycles. The average Bonchev–Trinajstić information content (AvgIpc) is 2.99. The van der Waals surface area contributed by atoms with Crippen molar-refractivity contribution < 1.29 is 4.79 Å². The van der Waals surface area contributed by atoms with E-state index in [1.807, 2.05) is 52.4 Å². The SMILES string of the molecule is O=C(N1CCCCCC1)N1Cn2c(cnc2-c2ccccc2)-c2ccccc21. The van der Waals surface area contributed by atoms with Gasteiger partial charge in [0.1, 0.15) is 12.5 Å². The monoisotopic (exact) mass is 372 g/mol. The number of anilines is 1. The topological polar surface area (TPSA) is 41.4 Å². The molecule has 3 aromatic rings. The van der Waals surface area contributed by atoms with Gasteiger partial charge in [0.05, 0.1) is 17.6 Å². The van der Waals surface area contributed by atoms with E-state index in [1.54, 1.807) is 0 Å². The first-order valence-corrected chi connectivity index (χ1v) is 10.1. The van der Waals surface area contributed by atoms with Crippen LogP contribution in [0.1, 0.15) is 25.7 Å². The number of fused-ring (bicyclic) bond motifs is 3. The van der Waals surface area contributed by atoms with Crippen LogP contribution in [0.15, 0.2) is 60.8 Å². The van der Waals surface area contributed by atoms with Crippen molar-refractivity contribution in [3.05, 3.63) is 60.8 Å². The van der Waals surface area contributed by atoms with Gasteiger partial charge in [0, 0.05) is 24.2 Å². The Morgan fingerprint density at radius 2 is 1.57 bits per heavy atom. The zero-order valence-electron chi connectivity index (χ0n) is 15.9. The molecule has 142 valence electrons. The fourth-order valence-corrected chi connectivity index (χ4v) is 4.29. The Labute approximate surface area is 165 Å². The zero-order valence-corrected chi connectivity index (χ0v) is 15.9. The molecular weight excluding hydrogens is 348 g/mol. The molecule has 0 aliphatic carbocycles. The van der Waals surface area contributed by atoms with Crippen LogP contribution in [0.25, 0.3) is 22.6 Å². The van der Waals surface area contributed by atoms with E-state index in [1.165, 1.54) is 12.8 Å². The highest BCUT2D eigenvalue weighted by atomic mass is 16.2. The standard InChI is InChI=1S/C23H24N4O/c28-23(25-14-8-1-2-9-15-25)27-17-26-21(19-12-6-7-13-20(19)27)16-24-22(26)18-10-4-3-5-11-18/h3-7,10-13,16H,1-2,8-9,14-15,17H2. The molecule has 0 spiro atoms. The molecule has 0 radical (unpaired) electrons. The molecule has 28 heavy (non-hydrogen) atoms. The summed E-state index contributed by atoms with van der Waals surface area (Å²) in [4.78, 5) is 22.1. The third-order valence-electron chi connectivity index (χ3n) is 5.75. The Hall–Kier alpha value is -3.08. The van der Waals surface area contributed by atoms with Gasteiger partial charge in [-0.3, -0.25) is 4.90 Å². The summed E-state index contributed by atoms with van der Waals surface area (Å²) in [5.74, 6) is 0.902.